The van der Waals surface area contributed by atoms with Gasteiger partial charge in [0.15, 0.2) is 0 Å². The van der Waals surface area contributed by atoms with E-state index < -0.39 is 11.4 Å². The zero-order chi connectivity index (χ0) is 4.28. The molecule has 0 aromatic carbocycles. The zero-order valence-corrected chi connectivity index (χ0v) is 2.94. The molecule has 0 saturated heterocycles. The zero-order valence-electron chi connectivity index (χ0n) is 2.12. The molecule has 0 spiro atoms. The molecule has 0 aliphatic carbocycles. The van der Waals surface area contributed by atoms with Gasteiger partial charge in [-0.25, -0.2) is 5.26 Å². The quantitative estimate of drug-likeness (QED) is 0.205. The Morgan fingerprint density at radius 1 is 1.67 bits per heavy atom. The maximum absolute atomic E-state index is 9.01. The molecule has 6 heteroatoms. The van der Waals surface area contributed by atoms with Crippen LogP contribution in [0.15, 0.2) is 0 Å². The monoisotopic (exact) mass is 140 g/mol. The maximum atomic E-state index is 9.01. The van der Waals surface area contributed by atoms with E-state index in [0.717, 1.165) is 0 Å². The van der Waals surface area contributed by atoms with Crippen LogP contribution in [0.3, 0.4) is 0 Å². The van der Waals surface area contributed by atoms with E-state index in [0.29, 0.717) is 0 Å². The van der Waals surface area contributed by atoms with Crippen molar-refractivity contribution in [1.29, 1.82) is 0 Å². The van der Waals surface area contributed by atoms with E-state index in [-0.39, 0.29) is 37.7 Å². The average Bonchev–Trinajstić information content (AvgIpc) is 1.38. The van der Waals surface area contributed by atoms with Crippen molar-refractivity contribution in [3.8, 4) is 0 Å². The van der Waals surface area contributed by atoms with Crippen LogP contribution in [0.4, 0.5) is 0 Å². The summed E-state index contributed by atoms with van der Waals surface area (Å²) >= 11 is -2.52. The van der Waals surface area contributed by atoms with E-state index in [2.05, 4.69) is 4.33 Å². The molecule has 6 heavy (non-hydrogen) atoms. The van der Waals surface area contributed by atoms with Gasteiger partial charge in [0.1, 0.15) is 0 Å². The Morgan fingerprint density at radius 2 is 1.83 bits per heavy atom. The van der Waals surface area contributed by atoms with E-state index in [9.17, 15) is 0 Å². The average molecular weight is 140 g/mol. The summed E-state index contributed by atoms with van der Waals surface area (Å²) < 4.78 is 19.1. The van der Waals surface area contributed by atoms with Crippen molar-refractivity contribution in [2.75, 3.05) is 0 Å². The third kappa shape index (κ3) is 8.99. The number of rotatable bonds is 1. The van der Waals surface area contributed by atoms with Crippen molar-refractivity contribution in [2.45, 2.75) is 0 Å². The first-order valence-corrected chi connectivity index (χ1v) is 1.73. The first-order valence-electron chi connectivity index (χ1n) is 0.698. The van der Waals surface area contributed by atoms with Crippen LogP contribution in [0.5, 0.6) is 0 Å². The fraction of sp³-hybridized carbons (Fsp3) is 0. The van der Waals surface area contributed by atoms with Crippen LogP contribution in [0.2, 0.25) is 0 Å². The summed E-state index contributed by atoms with van der Waals surface area (Å²) in [5, 5.41) is 7.09. The van der Waals surface area contributed by atoms with E-state index in [1.54, 1.807) is 0 Å². The van der Waals surface area contributed by atoms with Crippen LogP contribution < -0.4 is 0 Å². The van der Waals surface area contributed by atoms with Gasteiger partial charge in [-0.15, -0.1) is 4.33 Å². The predicted octanol–water partition coefficient (Wildman–Crippen LogP) is -1.30. The van der Waals surface area contributed by atoms with Crippen LogP contribution in [-0.2, 0) is 15.7 Å². The molecule has 0 bridgehead atoms. The van der Waals surface area contributed by atoms with Crippen molar-refractivity contribution in [3.63, 3.8) is 0 Å². The summed E-state index contributed by atoms with van der Waals surface area (Å²) in [5.74, 6) is 0. The van der Waals surface area contributed by atoms with Crippen molar-refractivity contribution in [2.24, 2.45) is 0 Å². The normalized spacial score (nSPS) is 12.3. The molecule has 0 aliphatic heterocycles. The molecular formula is H4CaO4S. The molecule has 0 amide bonds. The SMILES string of the molecule is O=S(O)OO.[CaH2]. The minimum absolute atomic E-state index is 0. The Hall–Kier alpha value is 1.29. The Balaban J connectivity index is 0. The third-order valence-electron chi connectivity index (χ3n) is 0.0638. The first-order chi connectivity index (χ1) is 2.27. The summed E-state index contributed by atoms with van der Waals surface area (Å²) in [5.41, 5.74) is 0. The van der Waals surface area contributed by atoms with Gasteiger partial charge in [-0.05, 0) is 0 Å². The fourth-order valence-electron chi connectivity index (χ4n) is 0. The second-order valence-corrected chi connectivity index (χ2v) is 0.875. The van der Waals surface area contributed by atoms with Gasteiger partial charge in [0.25, 0.3) is 0 Å². The summed E-state index contributed by atoms with van der Waals surface area (Å²) in [4.78, 5) is 0. The van der Waals surface area contributed by atoms with Crippen molar-refractivity contribution in [1.82, 2.24) is 0 Å². The standard InChI is InChI=1S/Ca.H2O4S.2H/c;1-4-5(2)3;;/h;1H,(H,2,3);;. The van der Waals surface area contributed by atoms with Gasteiger partial charge >= 0.3 is 49.1 Å². The van der Waals surface area contributed by atoms with E-state index in [4.69, 9.17) is 14.0 Å². The van der Waals surface area contributed by atoms with Gasteiger partial charge in [-0.2, -0.15) is 4.21 Å². The summed E-state index contributed by atoms with van der Waals surface area (Å²) in [6, 6.07) is 0. The van der Waals surface area contributed by atoms with E-state index in [1.165, 1.54) is 0 Å². The van der Waals surface area contributed by atoms with Gasteiger partial charge in [0, 0.05) is 0 Å². The molecule has 0 heterocycles. The van der Waals surface area contributed by atoms with E-state index in [1.807, 2.05) is 0 Å². The number of hydrogen-bond acceptors (Lipinski definition) is 3. The molecule has 4 nitrogen and oxygen atoms in total. The predicted molar refractivity (Wildman–Crippen MR) is 23.0 cm³/mol. The van der Waals surface area contributed by atoms with Crippen molar-refractivity contribution >= 4 is 49.1 Å². The Bertz CT molecular complexity index is 42.8. The summed E-state index contributed by atoms with van der Waals surface area (Å²) in [6.45, 7) is 0. The summed E-state index contributed by atoms with van der Waals surface area (Å²) in [7, 11) is 0. The van der Waals surface area contributed by atoms with Crippen LogP contribution in [0.1, 0.15) is 0 Å². The molecule has 0 saturated carbocycles. The molecule has 1 atom stereocenters. The molecule has 0 aromatic heterocycles. The van der Waals surface area contributed by atoms with Gasteiger partial charge in [-0.1, -0.05) is 0 Å². The fourth-order valence-corrected chi connectivity index (χ4v) is 0. The first kappa shape index (κ1) is 10.3. The van der Waals surface area contributed by atoms with Gasteiger partial charge < -0.3 is 0 Å². The third-order valence-corrected chi connectivity index (χ3v) is 0.191. The molecule has 2 N–H and O–H groups in total. The van der Waals surface area contributed by atoms with Crippen molar-refractivity contribution in [3.05, 3.63) is 0 Å². The van der Waals surface area contributed by atoms with E-state index >= 15 is 0 Å². The second-order valence-electron chi connectivity index (χ2n) is 0.292. The molecule has 36 valence electrons. The molecular weight excluding hydrogens is 136 g/mol. The van der Waals surface area contributed by atoms with Crippen LogP contribution in [0, 0.1) is 0 Å². The molecule has 1 unspecified atom stereocenters. The second kappa shape index (κ2) is 6.29. The Morgan fingerprint density at radius 3 is 1.83 bits per heavy atom. The molecule has 0 rings (SSSR count). The molecule has 0 radical (unpaired) electrons. The van der Waals surface area contributed by atoms with Gasteiger partial charge in [0.05, 0.1) is 0 Å². The summed E-state index contributed by atoms with van der Waals surface area (Å²) in [6.07, 6.45) is 0. The Labute approximate surface area is 66.9 Å². The minimum atomic E-state index is -2.52. The van der Waals surface area contributed by atoms with Crippen LogP contribution in [0.25, 0.3) is 0 Å². The van der Waals surface area contributed by atoms with Crippen LogP contribution >= 0.6 is 0 Å². The van der Waals surface area contributed by atoms with Crippen molar-refractivity contribution < 1.29 is 18.4 Å². The molecule has 0 aliphatic rings. The molecule has 0 aromatic rings. The van der Waals surface area contributed by atoms with Gasteiger partial charge in [-0.3, -0.25) is 4.55 Å². The van der Waals surface area contributed by atoms with Gasteiger partial charge in [0.2, 0.25) is 0 Å². The Kier molecular flexibility index (Phi) is 10.8. The molecule has 0 fully saturated rings. The topological polar surface area (TPSA) is 66.8 Å². The van der Waals surface area contributed by atoms with Crippen LogP contribution in [-0.4, -0.2) is 51.8 Å². The number of hydrogen-bond donors (Lipinski definition) is 2.